The van der Waals surface area contributed by atoms with Crippen molar-refractivity contribution in [3.63, 3.8) is 0 Å². The van der Waals surface area contributed by atoms with Gasteiger partial charge in [0.15, 0.2) is 0 Å². The fourth-order valence-corrected chi connectivity index (χ4v) is 4.33. The van der Waals surface area contributed by atoms with Crippen molar-refractivity contribution < 1.29 is 19.1 Å². The zero-order valence-electron chi connectivity index (χ0n) is 15.7. The van der Waals surface area contributed by atoms with Gasteiger partial charge in [-0.15, -0.1) is 23.1 Å². The number of anilines is 1. The van der Waals surface area contributed by atoms with Crippen LogP contribution in [0.1, 0.15) is 23.8 Å². The van der Waals surface area contributed by atoms with Gasteiger partial charge in [0.25, 0.3) is 0 Å². The number of methoxy groups -OCH3 is 1. The predicted octanol–water partition coefficient (Wildman–Crippen LogP) is 3.24. The maximum Gasteiger partial charge on any atom is 0.307 e. The number of carbonyl (C=O) groups excluding carboxylic acids is 3. The van der Waals surface area contributed by atoms with Gasteiger partial charge in [-0.3, -0.25) is 14.4 Å². The topological polar surface area (TPSA) is 75.7 Å². The molecular weight excluding hydrogens is 396 g/mol. The molecule has 6 nitrogen and oxygen atoms in total. The third-order valence-corrected chi connectivity index (χ3v) is 6.41. The van der Waals surface area contributed by atoms with Crippen LogP contribution in [0.5, 0.6) is 0 Å². The highest BCUT2D eigenvalue weighted by atomic mass is 32.2. The van der Waals surface area contributed by atoms with Crippen molar-refractivity contribution in [1.82, 2.24) is 5.32 Å². The van der Waals surface area contributed by atoms with Crippen molar-refractivity contribution in [3.05, 3.63) is 46.7 Å². The van der Waals surface area contributed by atoms with Crippen LogP contribution in [0.3, 0.4) is 0 Å². The first-order valence-corrected chi connectivity index (χ1v) is 11.0. The van der Waals surface area contributed by atoms with Gasteiger partial charge < -0.3 is 15.0 Å². The first-order chi connectivity index (χ1) is 13.5. The van der Waals surface area contributed by atoms with Crippen LogP contribution in [0.2, 0.25) is 0 Å². The number of carbonyl (C=O) groups is 3. The molecular formula is C20H22N2O4S2. The molecule has 0 radical (unpaired) electrons. The van der Waals surface area contributed by atoms with Gasteiger partial charge in [-0.05, 0) is 42.0 Å². The smallest absolute Gasteiger partial charge is 0.307 e. The van der Waals surface area contributed by atoms with E-state index in [1.54, 1.807) is 16.7 Å². The SMILES string of the molecule is COC(=O)C[C@H](NC(=O)[C@@H]1CC(=O)N(c2ccc(SC)cc2)C1)c1cccs1. The van der Waals surface area contributed by atoms with E-state index >= 15 is 0 Å². The molecule has 0 unspecified atom stereocenters. The Hall–Kier alpha value is -2.32. The molecule has 1 aromatic heterocycles. The molecule has 1 N–H and O–H groups in total. The Morgan fingerprint density at radius 1 is 1.32 bits per heavy atom. The second kappa shape index (κ2) is 9.25. The molecule has 0 spiro atoms. The lowest BCUT2D eigenvalue weighted by atomic mass is 10.1. The zero-order valence-corrected chi connectivity index (χ0v) is 17.3. The number of thioether (sulfide) groups is 1. The molecule has 1 aliphatic rings. The molecule has 0 aliphatic carbocycles. The summed E-state index contributed by atoms with van der Waals surface area (Å²) >= 11 is 3.10. The maximum atomic E-state index is 12.8. The highest BCUT2D eigenvalue weighted by Gasteiger charge is 2.36. The Kier molecular flexibility index (Phi) is 6.74. The van der Waals surface area contributed by atoms with Gasteiger partial charge in [0.05, 0.1) is 25.5 Å². The summed E-state index contributed by atoms with van der Waals surface area (Å²) < 4.78 is 4.75. The van der Waals surface area contributed by atoms with Crippen LogP contribution >= 0.6 is 23.1 Å². The van der Waals surface area contributed by atoms with Crippen molar-refractivity contribution in [2.45, 2.75) is 23.8 Å². The van der Waals surface area contributed by atoms with E-state index in [9.17, 15) is 14.4 Å². The van der Waals surface area contributed by atoms with E-state index < -0.39 is 17.9 Å². The lowest BCUT2D eigenvalue weighted by molar-refractivity contribution is -0.141. The Bertz CT molecular complexity index is 836. The molecule has 1 saturated heterocycles. The average Bonchev–Trinajstić information content (AvgIpc) is 3.37. The second-order valence-corrected chi connectivity index (χ2v) is 8.32. The number of ether oxygens (including phenoxy) is 1. The fraction of sp³-hybridized carbons (Fsp3) is 0.350. The molecule has 2 heterocycles. The number of hydrogen-bond acceptors (Lipinski definition) is 6. The average molecular weight is 419 g/mol. The van der Waals surface area contributed by atoms with Gasteiger partial charge in [-0.1, -0.05) is 6.07 Å². The molecule has 1 fully saturated rings. The first kappa shape index (κ1) is 20.4. The molecule has 0 bridgehead atoms. The summed E-state index contributed by atoms with van der Waals surface area (Å²) in [5.74, 6) is -1.14. The van der Waals surface area contributed by atoms with Gasteiger partial charge in [-0.2, -0.15) is 0 Å². The van der Waals surface area contributed by atoms with Gasteiger partial charge in [0.2, 0.25) is 11.8 Å². The van der Waals surface area contributed by atoms with Crippen molar-refractivity contribution in [2.75, 3.05) is 24.8 Å². The van der Waals surface area contributed by atoms with E-state index in [1.807, 2.05) is 48.0 Å². The van der Waals surface area contributed by atoms with Crippen molar-refractivity contribution in [1.29, 1.82) is 0 Å². The number of nitrogens with zero attached hydrogens (tertiary/aromatic N) is 1. The summed E-state index contributed by atoms with van der Waals surface area (Å²) in [6, 6.07) is 11.0. The monoisotopic (exact) mass is 418 g/mol. The van der Waals surface area contributed by atoms with Gasteiger partial charge in [0, 0.05) is 28.4 Å². The number of rotatable bonds is 7. The summed E-state index contributed by atoms with van der Waals surface area (Å²) in [6.45, 7) is 0.332. The van der Waals surface area contributed by atoms with E-state index in [2.05, 4.69) is 5.32 Å². The minimum atomic E-state index is -0.454. The van der Waals surface area contributed by atoms with Gasteiger partial charge in [-0.25, -0.2) is 0 Å². The van der Waals surface area contributed by atoms with Crippen LogP contribution in [0, 0.1) is 5.92 Å². The van der Waals surface area contributed by atoms with E-state index in [-0.39, 0.29) is 24.7 Å². The summed E-state index contributed by atoms with van der Waals surface area (Å²) in [5.41, 5.74) is 0.794. The minimum Gasteiger partial charge on any atom is -0.469 e. The predicted molar refractivity (Wildman–Crippen MR) is 111 cm³/mol. The molecule has 1 aromatic carbocycles. The fourth-order valence-electron chi connectivity index (χ4n) is 3.15. The Balaban J connectivity index is 1.67. The molecule has 2 amide bonds. The molecule has 148 valence electrons. The quantitative estimate of drug-likeness (QED) is 0.552. The normalized spacial score (nSPS) is 17.4. The van der Waals surface area contributed by atoms with E-state index in [4.69, 9.17) is 4.74 Å². The van der Waals surface area contributed by atoms with Crippen molar-refractivity contribution >= 4 is 46.6 Å². The van der Waals surface area contributed by atoms with Crippen molar-refractivity contribution in [2.24, 2.45) is 5.92 Å². The summed E-state index contributed by atoms with van der Waals surface area (Å²) in [4.78, 5) is 40.6. The molecule has 2 aromatic rings. The van der Waals surface area contributed by atoms with E-state index in [0.29, 0.717) is 6.54 Å². The molecule has 1 aliphatic heterocycles. The summed E-state index contributed by atoms with van der Waals surface area (Å²) in [6.07, 6.45) is 2.21. The number of thiophene rings is 1. The Morgan fingerprint density at radius 2 is 2.07 bits per heavy atom. The Morgan fingerprint density at radius 3 is 2.68 bits per heavy atom. The van der Waals surface area contributed by atoms with E-state index in [1.165, 1.54) is 18.4 Å². The number of amides is 2. The highest BCUT2D eigenvalue weighted by Crippen LogP contribution is 2.29. The Labute approximate surface area is 172 Å². The molecule has 2 atom stereocenters. The number of hydrogen-bond donors (Lipinski definition) is 1. The van der Waals surface area contributed by atoms with Crippen LogP contribution in [-0.4, -0.2) is 37.7 Å². The van der Waals surface area contributed by atoms with Crippen LogP contribution in [-0.2, 0) is 19.1 Å². The standard InChI is InChI=1S/C20H22N2O4S2/c1-26-19(24)11-16(17-4-3-9-28-17)21-20(25)13-10-18(23)22(12-13)14-5-7-15(27-2)8-6-14/h3-9,13,16H,10-12H2,1-2H3,(H,21,25)/t13-,16+/m1/s1. The number of benzene rings is 1. The van der Waals surface area contributed by atoms with E-state index in [0.717, 1.165) is 15.5 Å². The minimum absolute atomic E-state index is 0.0588. The zero-order chi connectivity index (χ0) is 20.1. The second-order valence-electron chi connectivity index (χ2n) is 6.46. The van der Waals surface area contributed by atoms with Gasteiger partial charge in [0.1, 0.15) is 0 Å². The molecule has 28 heavy (non-hydrogen) atoms. The van der Waals surface area contributed by atoms with Crippen LogP contribution in [0.25, 0.3) is 0 Å². The highest BCUT2D eigenvalue weighted by molar-refractivity contribution is 7.98. The maximum absolute atomic E-state index is 12.8. The van der Waals surface area contributed by atoms with Crippen LogP contribution in [0.4, 0.5) is 5.69 Å². The van der Waals surface area contributed by atoms with Crippen LogP contribution < -0.4 is 10.2 Å². The molecule has 0 saturated carbocycles. The summed E-state index contributed by atoms with van der Waals surface area (Å²) in [5, 5.41) is 4.82. The first-order valence-electron chi connectivity index (χ1n) is 8.86. The molecule has 3 rings (SSSR count). The summed E-state index contributed by atoms with van der Waals surface area (Å²) in [7, 11) is 1.32. The number of esters is 1. The third kappa shape index (κ3) is 4.74. The molecule has 8 heteroatoms. The largest absolute Gasteiger partial charge is 0.469 e. The van der Waals surface area contributed by atoms with Gasteiger partial charge >= 0.3 is 5.97 Å². The van der Waals surface area contributed by atoms with Crippen LogP contribution in [0.15, 0.2) is 46.7 Å². The lowest BCUT2D eigenvalue weighted by Crippen LogP contribution is -2.36. The van der Waals surface area contributed by atoms with Crippen molar-refractivity contribution in [3.8, 4) is 0 Å². The number of nitrogens with one attached hydrogen (secondary N) is 1. The lowest BCUT2D eigenvalue weighted by Gasteiger charge is -2.20. The third-order valence-electron chi connectivity index (χ3n) is 4.68.